The third-order valence-electron chi connectivity index (χ3n) is 2.98. The van der Waals surface area contributed by atoms with Crippen molar-refractivity contribution < 1.29 is 4.84 Å². The van der Waals surface area contributed by atoms with E-state index in [9.17, 15) is 0 Å². The minimum absolute atomic E-state index is 0.00995. The third kappa shape index (κ3) is 2.89. The summed E-state index contributed by atoms with van der Waals surface area (Å²) in [4.78, 5) is 10.4. The molecular weight excluding hydrogens is 226 g/mol. The molecule has 1 aliphatic heterocycles. The lowest BCUT2D eigenvalue weighted by Crippen LogP contribution is -2.27. The minimum Gasteiger partial charge on any atom is -0.387 e. The molecule has 0 amide bonds. The molecule has 0 saturated heterocycles. The van der Waals surface area contributed by atoms with Crippen LogP contribution in [0.3, 0.4) is 0 Å². The molecule has 18 heavy (non-hydrogen) atoms. The lowest BCUT2D eigenvalue weighted by molar-refractivity contribution is -0.0810. The molecule has 1 heterocycles. The Hall–Kier alpha value is -1.39. The first-order chi connectivity index (χ1) is 8.74. The van der Waals surface area contributed by atoms with Crippen molar-refractivity contribution in [3.05, 3.63) is 35.4 Å². The van der Waals surface area contributed by atoms with Crippen LogP contribution in [0.2, 0.25) is 0 Å². The molecule has 0 saturated carbocycles. The monoisotopic (exact) mass is 247 g/mol. The van der Waals surface area contributed by atoms with Crippen molar-refractivity contribution in [3.63, 3.8) is 0 Å². The maximum atomic E-state index is 5.73. The van der Waals surface area contributed by atoms with E-state index in [4.69, 9.17) is 4.84 Å². The summed E-state index contributed by atoms with van der Waals surface area (Å²) >= 11 is 0. The van der Waals surface area contributed by atoms with Crippen LogP contribution in [0.1, 0.15) is 31.1 Å². The maximum absolute atomic E-state index is 5.73. The molecule has 0 unspecified atom stereocenters. The third-order valence-corrected chi connectivity index (χ3v) is 2.98. The van der Waals surface area contributed by atoms with Gasteiger partial charge in [0.2, 0.25) is 5.90 Å². The second-order valence-corrected chi connectivity index (χ2v) is 4.41. The van der Waals surface area contributed by atoms with E-state index in [2.05, 4.69) is 55.3 Å². The SMILES string of the molecule is CCNCC1=N[C@@H](c2ccc(C)cc2)N(CC)O1. The summed E-state index contributed by atoms with van der Waals surface area (Å²) in [6.07, 6.45) is -0.00995. The highest BCUT2D eigenvalue weighted by molar-refractivity contribution is 5.79. The van der Waals surface area contributed by atoms with Crippen LogP contribution in [-0.4, -0.2) is 30.6 Å². The van der Waals surface area contributed by atoms with Gasteiger partial charge in [-0.1, -0.05) is 36.8 Å². The van der Waals surface area contributed by atoms with Gasteiger partial charge in [-0.05, 0) is 26.0 Å². The molecule has 1 N–H and O–H groups in total. The predicted octanol–water partition coefficient (Wildman–Crippen LogP) is 2.27. The lowest BCUT2D eigenvalue weighted by atomic mass is 10.1. The van der Waals surface area contributed by atoms with Gasteiger partial charge >= 0.3 is 0 Å². The number of hydrogen-bond donors (Lipinski definition) is 1. The molecule has 4 heteroatoms. The molecule has 0 aromatic heterocycles. The second kappa shape index (κ2) is 5.98. The van der Waals surface area contributed by atoms with Crippen LogP contribution in [0.4, 0.5) is 0 Å². The average Bonchev–Trinajstić information content (AvgIpc) is 2.80. The lowest BCUT2D eigenvalue weighted by Gasteiger charge is -2.19. The number of hydroxylamine groups is 2. The van der Waals surface area contributed by atoms with Crippen LogP contribution in [-0.2, 0) is 4.84 Å². The van der Waals surface area contributed by atoms with Crippen LogP contribution in [0.15, 0.2) is 29.3 Å². The fourth-order valence-electron chi connectivity index (χ4n) is 1.94. The molecule has 1 aromatic rings. The largest absolute Gasteiger partial charge is 0.387 e. The van der Waals surface area contributed by atoms with Crippen molar-refractivity contribution in [3.8, 4) is 0 Å². The van der Waals surface area contributed by atoms with Crippen LogP contribution in [0, 0.1) is 6.92 Å². The van der Waals surface area contributed by atoms with E-state index in [1.165, 1.54) is 11.1 Å². The average molecular weight is 247 g/mol. The topological polar surface area (TPSA) is 36.9 Å². The standard InChI is InChI=1S/C14H21N3O/c1-4-15-10-13-16-14(17(5-2)18-13)12-8-6-11(3)7-9-12/h6-9,14-15H,4-5,10H2,1-3H3/t14-/m1/s1. The Bertz CT molecular complexity index is 414. The summed E-state index contributed by atoms with van der Waals surface area (Å²) in [5, 5.41) is 5.15. The zero-order valence-electron chi connectivity index (χ0n) is 11.3. The smallest absolute Gasteiger partial charge is 0.225 e. The van der Waals surface area contributed by atoms with Gasteiger partial charge in [0.15, 0.2) is 6.17 Å². The van der Waals surface area contributed by atoms with Crippen molar-refractivity contribution >= 4 is 5.90 Å². The molecule has 0 spiro atoms. The highest BCUT2D eigenvalue weighted by Crippen LogP contribution is 2.27. The molecule has 0 fully saturated rings. The van der Waals surface area contributed by atoms with E-state index in [0.29, 0.717) is 6.54 Å². The molecular formula is C14H21N3O. The quantitative estimate of drug-likeness (QED) is 0.867. The predicted molar refractivity (Wildman–Crippen MR) is 73.4 cm³/mol. The molecule has 0 radical (unpaired) electrons. The normalized spacial score (nSPS) is 19.7. The van der Waals surface area contributed by atoms with Crippen LogP contribution >= 0.6 is 0 Å². The minimum atomic E-state index is -0.00995. The van der Waals surface area contributed by atoms with Crippen molar-refractivity contribution in [1.82, 2.24) is 10.4 Å². The van der Waals surface area contributed by atoms with Crippen molar-refractivity contribution in [2.24, 2.45) is 4.99 Å². The summed E-state index contributed by atoms with van der Waals surface area (Å²) in [5.74, 6) is 0.768. The molecule has 1 atom stereocenters. The zero-order valence-corrected chi connectivity index (χ0v) is 11.3. The molecule has 1 aromatic carbocycles. The second-order valence-electron chi connectivity index (χ2n) is 4.41. The first kappa shape index (κ1) is 13.1. The Morgan fingerprint density at radius 3 is 2.61 bits per heavy atom. The van der Waals surface area contributed by atoms with E-state index in [1.807, 2.05) is 5.06 Å². The van der Waals surface area contributed by atoms with Gasteiger partial charge in [-0.15, -0.1) is 5.06 Å². The fraction of sp³-hybridized carbons (Fsp3) is 0.500. The number of hydrogen-bond acceptors (Lipinski definition) is 4. The van der Waals surface area contributed by atoms with Crippen LogP contribution in [0.5, 0.6) is 0 Å². The summed E-state index contributed by atoms with van der Waals surface area (Å²) in [5.41, 5.74) is 2.44. The van der Waals surface area contributed by atoms with E-state index < -0.39 is 0 Å². The van der Waals surface area contributed by atoms with Crippen molar-refractivity contribution in [2.75, 3.05) is 19.6 Å². The Morgan fingerprint density at radius 2 is 2.00 bits per heavy atom. The molecule has 4 nitrogen and oxygen atoms in total. The van der Waals surface area contributed by atoms with Crippen molar-refractivity contribution in [2.45, 2.75) is 26.9 Å². The molecule has 2 rings (SSSR count). The summed E-state index contributed by atoms with van der Waals surface area (Å²) in [6, 6.07) is 8.46. The van der Waals surface area contributed by atoms with Gasteiger partial charge < -0.3 is 10.2 Å². The molecule has 0 aliphatic carbocycles. The van der Waals surface area contributed by atoms with E-state index in [0.717, 1.165) is 19.0 Å². The number of likely N-dealkylation sites (N-methyl/N-ethyl adjacent to an activating group) is 1. The first-order valence-corrected chi connectivity index (χ1v) is 6.53. The Balaban J connectivity index is 2.13. The van der Waals surface area contributed by atoms with E-state index in [1.54, 1.807) is 0 Å². The Kier molecular flexibility index (Phi) is 4.33. The van der Waals surface area contributed by atoms with Gasteiger partial charge in [-0.25, -0.2) is 4.99 Å². The zero-order chi connectivity index (χ0) is 13.0. The Labute approximate surface area is 109 Å². The number of benzene rings is 1. The van der Waals surface area contributed by atoms with Crippen LogP contribution in [0.25, 0.3) is 0 Å². The van der Waals surface area contributed by atoms with Crippen molar-refractivity contribution in [1.29, 1.82) is 0 Å². The first-order valence-electron chi connectivity index (χ1n) is 6.53. The number of aliphatic imine (C=N–C) groups is 1. The van der Waals surface area contributed by atoms with Crippen LogP contribution < -0.4 is 5.32 Å². The Morgan fingerprint density at radius 1 is 1.28 bits per heavy atom. The van der Waals surface area contributed by atoms with Gasteiger partial charge in [0.1, 0.15) is 0 Å². The van der Waals surface area contributed by atoms with Gasteiger partial charge in [0.05, 0.1) is 6.54 Å². The van der Waals surface area contributed by atoms with Gasteiger partial charge in [0, 0.05) is 6.54 Å². The summed E-state index contributed by atoms with van der Waals surface area (Å²) in [6.45, 7) is 8.67. The highest BCUT2D eigenvalue weighted by atomic mass is 16.7. The molecule has 98 valence electrons. The number of nitrogens with one attached hydrogen (secondary N) is 1. The number of rotatable bonds is 5. The van der Waals surface area contributed by atoms with E-state index >= 15 is 0 Å². The summed E-state index contributed by atoms with van der Waals surface area (Å²) in [7, 11) is 0. The van der Waals surface area contributed by atoms with E-state index in [-0.39, 0.29) is 6.17 Å². The van der Waals surface area contributed by atoms with Gasteiger partial charge in [-0.2, -0.15) is 0 Å². The highest BCUT2D eigenvalue weighted by Gasteiger charge is 2.28. The molecule has 0 bridgehead atoms. The van der Waals surface area contributed by atoms with Gasteiger partial charge in [-0.3, -0.25) is 0 Å². The number of nitrogens with zero attached hydrogens (tertiary/aromatic N) is 2. The fourth-order valence-corrected chi connectivity index (χ4v) is 1.94. The maximum Gasteiger partial charge on any atom is 0.225 e. The molecule has 1 aliphatic rings. The summed E-state index contributed by atoms with van der Waals surface area (Å²) < 4.78 is 0. The number of aryl methyl sites for hydroxylation is 1. The van der Waals surface area contributed by atoms with Gasteiger partial charge in [0.25, 0.3) is 0 Å².